The van der Waals surface area contributed by atoms with Gasteiger partial charge in [-0.05, 0) is 29.8 Å². The van der Waals surface area contributed by atoms with Gasteiger partial charge in [0.15, 0.2) is 4.34 Å². The van der Waals surface area contributed by atoms with Gasteiger partial charge >= 0.3 is 0 Å². The molecule has 0 N–H and O–H groups in total. The molecule has 0 aliphatic carbocycles. The van der Waals surface area contributed by atoms with E-state index in [1.54, 1.807) is 29.2 Å². The first kappa shape index (κ1) is 16.6. The van der Waals surface area contributed by atoms with Crippen LogP contribution in [0.25, 0.3) is 10.2 Å². The zero-order valence-corrected chi connectivity index (χ0v) is 15.3. The maximum absolute atomic E-state index is 13.2. The van der Waals surface area contributed by atoms with E-state index in [1.165, 1.54) is 28.6 Å². The second kappa shape index (κ2) is 7.55. The van der Waals surface area contributed by atoms with Gasteiger partial charge in [-0.1, -0.05) is 47.8 Å². The van der Waals surface area contributed by atoms with E-state index < -0.39 is 0 Å². The van der Waals surface area contributed by atoms with Crippen LogP contribution in [0, 0.1) is 5.82 Å². The van der Waals surface area contributed by atoms with E-state index in [4.69, 9.17) is 4.42 Å². The van der Waals surface area contributed by atoms with Gasteiger partial charge in [0.05, 0.1) is 16.0 Å². The monoisotopic (exact) mass is 389 g/mol. The fraction of sp³-hybridized carbons (Fsp3) is 0.118. The molecule has 0 saturated heterocycles. The molecule has 0 radical (unpaired) electrons. The van der Waals surface area contributed by atoms with Crippen LogP contribution in [0.5, 0.6) is 0 Å². The van der Waals surface area contributed by atoms with Crippen LogP contribution in [0.15, 0.2) is 62.5 Å². The van der Waals surface area contributed by atoms with Crippen molar-refractivity contribution >= 4 is 45.1 Å². The summed E-state index contributed by atoms with van der Waals surface area (Å²) in [5.74, 6) is 1.49. The molecule has 0 aliphatic rings. The second-order valence-corrected chi connectivity index (χ2v) is 8.30. The normalized spacial score (nSPS) is 11.2. The Labute approximate surface area is 155 Å². The summed E-state index contributed by atoms with van der Waals surface area (Å²) in [7, 11) is 0. The summed E-state index contributed by atoms with van der Waals surface area (Å²) < 4.78 is 21.0. The molecule has 0 amide bonds. The highest BCUT2D eigenvalue weighted by atomic mass is 32.2. The molecule has 0 spiro atoms. The molecule has 4 aromatic rings. The van der Waals surface area contributed by atoms with E-state index >= 15 is 0 Å². The summed E-state index contributed by atoms with van der Waals surface area (Å²) in [5.41, 5.74) is 1.89. The van der Waals surface area contributed by atoms with Crippen LogP contribution < -0.4 is 0 Å². The van der Waals surface area contributed by atoms with E-state index in [-0.39, 0.29) is 5.82 Å². The zero-order valence-electron chi connectivity index (χ0n) is 12.9. The van der Waals surface area contributed by atoms with Crippen LogP contribution in [0.3, 0.4) is 0 Å². The lowest BCUT2D eigenvalue weighted by molar-refractivity contribution is 0.426. The highest BCUT2D eigenvalue weighted by molar-refractivity contribution is 8.00. The first-order valence-corrected chi connectivity index (χ1v) is 10.2. The zero-order chi connectivity index (χ0) is 17.1. The number of aromatic nitrogens is 3. The number of fused-ring (bicyclic) bond motifs is 1. The number of para-hydroxylation sites is 1. The fourth-order valence-electron chi connectivity index (χ4n) is 2.16. The average molecular weight is 390 g/mol. The Morgan fingerprint density at radius 2 is 1.92 bits per heavy atom. The van der Waals surface area contributed by atoms with E-state index in [1.807, 2.05) is 24.3 Å². The SMILES string of the molecule is Fc1cccc(CSc2nnc(CSc3nc4ccccc4s3)o2)c1. The lowest BCUT2D eigenvalue weighted by atomic mass is 10.2. The molecule has 2 heterocycles. The van der Waals surface area contributed by atoms with Gasteiger partial charge in [-0.2, -0.15) is 0 Å². The van der Waals surface area contributed by atoms with Crippen LogP contribution in [0.1, 0.15) is 11.5 Å². The molecular weight excluding hydrogens is 377 g/mol. The Bertz CT molecular complexity index is 968. The summed E-state index contributed by atoms with van der Waals surface area (Å²) in [6.45, 7) is 0. The minimum absolute atomic E-state index is 0.239. The molecule has 2 aromatic heterocycles. The lowest BCUT2D eigenvalue weighted by Gasteiger charge is -1.97. The number of rotatable bonds is 6. The summed E-state index contributed by atoms with van der Waals surface area (Å²) in [6.07, 6.45) is 0. The molecule has 25 heavy (non-hydrogen) atoms. The maximum atomic E-state index is 13.2. The van der Waals surface area contributed by atoms with Gasteiger partial charge in [0.2, 0.25) is 5.89 Å². The van der Waals surface area contributed by atoms with Crippen LogP contribution >= 0.6 is 34.9 Å². The second-order valence-electron chi connectivity index (χ2n) is 5.12. The molecular formula is C17H12FN3OS3. The number of benzene rings is 2. The smallest absolute Gasteiger partial charge is 0.276 e. The number of hydrogen-bond donors (Lipinski definition) is 0. The predicted molar refractivity (Wildman–Crippen MR) is 99.4 cm³/mol. The molecule has 0 unspecified atom stereocenters. The van der Waals surface area contributed by atoms with E-state index in [0.29, 0.717) is 22.6 Å². The molecule has 0 bridgehead atoms. The average Bonchev–Trinajstić information content (AvgIpc) is 3.24. The van der Waals surface area contributed by atoms with Crippen molar-refractivity contribution in [2.75, 3.05) is 0 Å². The quantitative estimate of drug-likeness (QED) is 0.411. The molecule has 2 aromatic carbocycles. The first-order valence-electron chi connectivity index (χ1n) is 7.44. The fourth-order valence-corrected chi connectivity index (χ4v) is 4.79. The minimum atomic E-state index is -0.239. The number of hydrogen-bond acceptors (Lipinski definition) is 7. The summed E-state index contributed by atoms with van der Waals surface area (Å²) >= 11 is 4.63. The minimum Gasteiger partial charge on any atom is -0.415 e. The molecule has 0 aliphatic heterocycles. The van der Waals surface area contributed by atoms with Gasteiger partial charge in [0.1, 0.15) is 5.82 Å². The van der Waals surface area contributed by atoms with Crippen molar-refractivity contribution in [3.05, 3.63) is 65.8 Å². The van der Waals surface area contributed by atoms with Crippen molar-refractivity contribution in [1.82, 2.24) is 15.2 Å². The van der Waals surface area contributed by atoms with Crippen molar-refractivity contribution in [2.24, 2.45) is 0 Å². The largest absolute Gasteiger partial charge is 0.415 e. The third kappa shape index (κ3) is 4.20. The lowest BCUT2D eigenvalue weighted by Crippen LogP contribution is -1.82. The van der Waals surface area contributed by atoms with Gasteiger partial charge in [0, 0.05) is 5.75 Å². The number of nitrogens with zero attached hydrogens (tertiary/aromatic N) is 3. The van der Waals surface area contributed by atoms with Crippen molar-refractivity contribution in [2.45, 2.75) is 21.1 Å². The van der Waals surface area contributed by atoms with Crippen molar-refractivity contribution in [3.63, 3.8) is 0 Å². The van der Waals surface area contributed by atoms with Gasteiger partial charge in [-0.25, -0.2) is 9.37 Å². The molecule has 0 atom stereocenters. The van der Waals surface area contributed by atoms with Crippen LogP contribution in [0.4, 0.5) is 4.39 Å². The highest BCUT2D eigenvalue weighted by Gasteiger charge is 2.10. The van der Waals surface area contributed by atoms with Crippen molar-refractivity contribution in [1.29, 1.82) is 0 Å². The van der Waals surface area contributed by atoms with E-state index in [9.17, 15) is 4.39 Å². The molecule has 4 rings (SSSR count). The predicted octanol–water partition coefficient (Wildman–Crippen LogP) is 5.40. The molecule has 4 nitrogen and oxygen atoms in total. The Kier molecular flexibility index (Phi) is 5.00. The third-order valence-corrected chi connectivity index (χ3v) is 6.35. The summed E-state index contributed by atoms with van der Waals surface area (Å²) in [6, 6.07) is 14.6. The van der Waals surface area contributed by atoms with E-state index in [2.05, 4.69) is 21.2 Å². The molecule has 0 saturated carbocycles. The van der Waals surface area contributed by atoms with Crippen LogP contribution in [-0.2, 0) is 11.5 Å². The van der Waals surface area contributed by atoms with Gasteiger partial charge in [0.25, 0.3) is 5.22 Å². The topological polar surface area (TPSA) is 51.8 Å². The Hall–Kier alpha value is -1.90. The van der Waals surface area contributed by atoms with Gasteiger partial charge in [-0.15, -0.1) is 21.5 Å². The van der Waals surface area contributed by atoms with Crippen molar-refractivity contribution in [3.8, 4) is 0 Å². The number of thioether (sulfide) groups is 2. The Morgan fingerprint density at radius 3 is 2.80 bits per heavy atom. The summed E-state index contributed by atoms with van der Waals surface area (Å²) in [4.78, 5) is 4.57. The number of halogens is 1. The highest BCUT2D eigenvalue weighted by Crippen LogP contribution is 2.31. The third-order valence-electron chi connectivity index (χ3n) is 3.29. The maximum Gasteiger partial charge on any atom is 0.276 e. The van der Waals surface area contributed by atoms with Crippen LogP contribution in [0.2, 0.25) is 0 Å². The molecule has 8 heteroatoms. The summed E-state index contributed by atoms with van der Waals surface area (Å²) in [5, 5.41) is 8.58. The standard InChI is InChI=1S/C17H12FN3OS3/c18-12-5-3-4-11(8-12)9-23-16-21-20-15(22-16)10-24-17-19-13-6-1-2-7-14(13)25-17/h1-8H,9-10H2. The number of thiazole rings is 1. The van der Waals surface area contributed by atoms with E-state index in [0.717, 1.165) is 15.4 Å². The van der Waals surface area contributed by atoms with Gasteiger partial charge < -0.3 is 4.42 Å². The Balaban J connectivity index is 1.34. The molecule has 0 fully saturated rings. The molecule has 126 valence electrons. The van der Waals surface area contributed by atoms with Crippen molar-refractivity contribution < 1.29 is 8.81 Å². The van der Waals surface area contributed by atoms with Gasteiger partial charge in [-0.3, -0.25) is 0 Å². The first-order chi connectivity index (χ1) is 12.3. The Morgan fingerprint density at radius 1 is 1.00 bits per heavy atom. The van der Waals surface area contributed by atoms with Crippen LogP contribution in [-0.4, -0.2) is 15.2 Å².